The van der Waals surface area contributed by atoms with Gasteiger partial charge in [0.15, 0.2) is 0 Å². The standard InChI is InChI=1S/C57H64N2O2.2CH3.Hf/c1-35-17-46(52(60)48(19-35)56-29-37-21-38(30-56)26-54(3,25-37)33-56)42-11-5-7-13-44(42)50-23-41(59-15-9-10-16-59)24-51(58-50)45-14-8-6-12-43(45)47-18-36(2)20-49(53(47)61)57-31-39-22-40(32-57)28-55(4,27-39)34-57;;;/h5-8,11-14,17-20,23-24,37-40,60-61H,9-10,15-16,21-22,25-34H2,1-4H3;2*1H3;/q;2*-1;. The van der Waals surface area contributed by atoms with Crippen molar-refractivity contribution < 1.29 is 36.1 Å². The van der Waals surface area contributed by atoms with Gasteiger partial charge in [-0.1, -0.05) is 74.5 Å². The third kappa shape index (κ3) is 7.36. The van der Waals surface area contributed by atoms with Crippen molar-refractivity contribution in [3.8, 4) is 56.3 Å². The Balaban J connectivity index is 0.00000173. The number of phenols is 2. The monoisotopic (exact) mass is 1020 g/mol. The van der Waals surface area contributed by atoms with Crippen molar-refractivity contribution in [1.29, 1.82) is 0 Å². The first-order valence-electron chi connectivity index (χ1n) is 24.0. The molecule has 1 aliphatic heterocycles. The van der Waals surface area contributed by atoms with Gasteiger partial charge in [0.1, 0.15) is 11.5 Å². The number of pyridine rings is 1. The van der Waals surface area contributed by atoms with Crippen LogP contribution in [-0.4, -0.2) is 28.3 Å². The molecule has 64 heavy (non-hydrogen) atoms. The van der Waals surface area contributed by atoms with Gasteiger partial charge >= 0.3 is 0 Å². The van der Waals surface area contributed by atoms with E-state index in [4.69, 9.17) is 4.98 Å². The fraction of sp³-hybridized carbons (Fsp3) is 0.475. The maximum atomic E-state index is 12.6. The van der Waals surface area contributed by atoms with Crippen LogP contribution in [-0.2, 0) is 36.7 Å². The Kier molecular flexibility index (Phi) is 11.6. The van der Waals surface area contributed by atoms with E-state index in [0.717, 1.165) is 81.5 Å². The Hall–Kier alpha value is -3.70. The second-order valence-corrected chi connectivity index (χ2v) is 22.9. The SMILES string of the molecule is Cc1cc(-c2ccccc2-c2cc(N3CCCC3)cc(-c3ccccc3-c3cc(C)cc(C45CC6CC(CC(C)(C6)C4)C5)c3O)n2)c(O)c(C23CC4CC(CC(C)(C4)C2)C3)c1.[CH3-].[CH3-].[Hf]. The van der Waals surface area contributed by atoms with Crippen LogP contribution < -0.4 is 4.90 Å². The maximum absolute atomic E-state index is 12.6. The van der Waals surface area contributed by atoms with E-state index >= 15 is 0 Å². The summed E-state index contributed by atoms with van der Waals surface area (Å²) in [5.74, 6) is 4.04. The average molecular weight is 1020 g/mol. The Bertz CT molecular complexity index is 2410. The number of hydrogen-bond acceptors (Lipinski definition) is 4. The zero-order chi connectivity index (χ0) is 41.5. The number of rotatable bonds is 7. The second kappa shape index (κ2) is 16.3. The minimum atomic E-state index is 0. The van der Waals surface area contributed by atoms with E-state index in [1.165, 1.54) is 118 Å². The van der Waals surface area contributed by atoms with Gasteiger partial charge in [-0.05, 0) is 185 Å². The molecule has 8 saturated carbocycles. The smallest absolute Gasteiger partial charge is 0.127 e. The molecule has 8 aliphatic carbocycles. The van der Waals surface area contributed by atoms with E-state index in [9.17, 15) is 10.2 Å². The van der Waals surface area contributed by atoms with Crippen LogP contribution in [0.1, 0.15) is 126 Å². The average Bonchev–Trinajstić information content (AvgIpc) is 3.76. The summed E-state index contributed by atoms with van der Waals surface area (Å²) >= 11 is 0. The summed E-state index contributed by atoms with van der Waals surface area (Å²) in [5.41, 5.74) is 14.7. The molecule has 4 unspecified atom stereocenters. The molecule has 5 aromatic rings. The van der Waals surface area contributed by atoms with Crippen molar-refractivity contribution in [3.05, 3.63) is 122 Å². The zero-order valence-corrected chi connectivity index (χ0v) is 43.1. The molecule has 9 aliphatic rings. The quantitative estimate of drug-likeness (QED) is 0.126. The van der Waals surface area contributed by atoms with Crippen LogP contribution in [0, 0.1) is 63.2 Å². The number of aromatic hydroxyl groups is 2. The molecule has 9 fully saturated rings. The van der Waals surface area contributed by atoms with Gasteiger partial charge in [-0.15, -0.1) is 0 Å². The van der Waals surface area contributed by atoms with E-state index in [1.54, 1.807) is 0 Å². The maximum Gasteiger partial charge on any atom is 0.127 e. The minimum absolute atomic E-state index is 0. The number of anilines is 1. The number of aryl methyl sites for hydroxylation is 2. The number of benzene rings is 4. The van der Waals surface area contributed by atoms with Gasteiger partial charge in [-0.3, -0.25) is 0 Å². The third-order valence-corrected chi connectivity index (χ3v) is 17.6. The first-order chi connectivity index (χ1) is 29.4. The van der Waals surface area contributed by atoms with E-state index in [-0.39, 0.29) is 51.5 Å². The first kappa shape index (κ1) is 45.5. The molecule has 334 valence electrons. The third-order valence-electron chi connectivity index (χ3n) is 17.6. The molecule has 2 heterocycles. The van der Waals surface area contributed by atoms with Gasteiger partial charge in [0.25, 0.3) is 0 Å². The van der Waals surface area contributed by atoms with Crippen LogP contribution in [0.2, 0.25) is 0 Å². The summed E-state index contributed by atoms with van der Waals surface area (Å²) in [6.07, 6.45) is 17.7. The Labute approximate surface area is 403 Å². The Morgan fingerprint density at radius 2 is 0.891 bits per heavy atom. The second-order valence-electron chi connectivity index (χ2n) is 22.9. The zero-order valence-electron chi connectivity index (χ0n) is 39.5. The number of hydrogen-bond donors (Lipinski definition) is 2. The topological polar surface area (TPSA) is 56.6 Å². The van der Waals surface area contributed by atoms with Gasteiger partial charge in [-0.25, -0.2) is 4.98 Å². The van der Waals surface area contributed by atoms with Crippen LogP contribution in [0.5, 0.6) is 11.5 Å². The first-order valence-corrected chi connectivity index (χ1v) is 24.0. The normalized spacial score (nSPS) is 31.7. The van der Waals surface area contributed by atoms with Crippen molar-refractivity contribution in [3.63, 3.8) is 0 Å². The van der Waals surface area contributed by atoms with Gasteiger partial charge in [0.2, 0.25) is 0 Å². The molecule has 2 N–H and O–H groups in total. The predicted molar refractivity (Wildman–Crippen MR) is 262 cm³/mol. The fourth-order valence-corrected chi connectivity index (χ4v) is 16.7. The molecule has 0 radical (unpaired) electrons. The number of nitrogens with zero attached hydrogens (tertiary/aromatic N) is 2. The summed E-state index contributed by atoms with van der Waals surface area (Å²) in [7, 11) is 0. The van der Waals surface area contributed by atoms with Gasteiger partial charge in [0, 0.05) is 88.8 Å². The van der Waals surface area contributed by atoms with Crippen LogP contribution in [0.25, 0.3) is 44.8 Å². The molecule has 0 amide bonds. The summed E-state index contributed by atoms with van der Waals surface area (Å²) in [4.78, 5) is 8.12. The summed E-state index contributed by atoms with van der Waals surface area (Å²) in [6.45, 7) is 11.5. The van der Waals surface area contributed by atoms with E-state index in [2.05, 4.69) is 118 Å². The summed E-state index contributed by atoms with van der Waals surface area (Å²) in [6, 6.07) is 31.0. The molecule has 8 bridgehead atoms. The molecule has 1 aromatic heterocycles. The molecule has 4 aromatic carbocycles. The molecular weight excluding hydrogens is 947 g/mol. The molecule has 4 atom stereocenters. The van der Waals surface area contributed by atoms with Crippen LogP contribution >= 0.6 is 0 Å². The molecular formula is C59H70HfN2O2-2. The van der Waals surface area contributed by atoms with Gasteiger partial charge < -0.3 is 30.0 Å². The van der Waals surface area contributed by atoms with E-state index in [0.29, 0.717) is 22.3 Å². The van der Waals surface area contributed by atoms with Crippen molar-refractivity contribution in [1.82, 2.24) is 4.98 Å². The summed E-state index contributed by atoms with van der Waals surface area (Å²) in [5, 5.41) is 25.2. The van der Waals surface area contributed by atoms with Crippen molar-refractivity contribution in [2.24, 2.45) is 34.5 Å². The molecule has 4 nitrogen and oxygen atoms in total. The van der Waals surface area contributed by atoms with E-state index < -0.39 is 0 Å². The van der Waals surface area contributed by atoms with Crippen LogP contribution in [0.15, 0.2) is 84.9 Å². The van der Waals surface area contributed by atoms with Gasteiger partial charge in [0.05, 0.1) is 11.4 Å². The fourth-order valence-electron chi connectivity index (χ4n) is 16.7. The number of aromatic nitrogens is 1. The Morgan fingerprint density at radius 3 is 1.27 bits per heavy atom. The number of phenolic OH excluding ortho intramolecular Hbond substituents is 2. The molecule has 14 rings (SSSR count). The van der Waals surface area contributed by atoms with Gasteiger partial charge in [-0.2, -0.15) is 0 Å². The molecule has 0 spiro atoms. The van der Waals surface area contributed by atoms with Crippen molar-refractivity contribution in [2.45, 2.75) is 128 Å². The minimum Gasteiger partial charge on any atom is -0.507 e. The Morgan fingerprint density at radius 1 is 0.516 bits per heavy atom. The predicted octanol–water partition coefficient (Wildman–Crippen LogP) is 15.0. The van der Waals surface area contributed by atoms with Crippen LogP contribution in [0.3, 0.4) is 0 Å². The molecule has 5 heteroatoms. The van der Waals surface area contributed by atoms with E-state index in [1.807, 2.05) is 0 Å². The van der Waals surface area contributed by atoms with Crippen molar-refractivity contribution in [2.75, 3.05) is 18.0 Å². The van der Waals surface area contributed by atoms with Crippen LogP contribution in [0.4, 0.5) is 5.69 Å². The largest absolute Gasteiger partial charge is 0.507 e. The molecule has 1 saturated heterocycles. The van der Waals surface area contributed by atoms with Crippen molar-refractivity contribution >= 4 is 5.69 Å². The summed E-state index contributed by atoms with van der Waals surface area (Å²) < 4.78 is 0.